The van der Waals surface area contributed by atoms with Gasteiger partial charge in [-0.1, -0.05) is 32.0 Å². The molecule has 0 bridgehead atoms. The van der Waals surface area contributed by atoms with Crippen LogP contribution in [0.5, 0.6) is 0 Å². The van der Waals surface area contributed by atoms with Crippen LogP contribution in [0.4, 0.5) is 5.69 Å². The Labute approximate surface area is 107 Å². The Kier molecular flexibility index (Phi) is 3.22. The van der Waals surface area contributed by atoms with E-state index in [9.17, 15) is 9.59 Å². The number of rotatable bonds is 2. The van der Waals surface area contributed by atoms with Crippen molar-refractivity contribution in [1.82, 2.24) is 0 Å². The van der Waals surface area contributed by atoms with E-state index in [1.54, 1.807) is 6.07 Å². The highest BCUT2D eigenvalue weighted by Gasteiger charge is 2.38. The van der Waals surface area contributed by atoms with Crippen molar-refractivity contribution in [3.05, 3.63) is 29.8 Å². The quantitative estimate of drug-likeness (QED) is 0.810. The van der Waals surface area contributed by atoms with Gasteiger partial charge in [-0.15, -0.1) is 0 Å². The lowest BCUT2D eigenvalue weighted by molar-refractivity contribution is -0.132. The number of nitrogens with zero attached hydrogens (tertiary/aromatic N) is 1. The Morgan fingerprint density at radius 2 is 1.72 bits per heavy atom. The molecular formula is C14H18N2O2. The van der Waals surface area contributed by atoms with Crippen LogP contribution in [-0.4, -0.2) is 11.8 Å². The lowest BCUT2D eigenvalue weighted by Crippen LogP contribution is -2.46. The Morgan fingerprint density at radius 3 is 2.28 bits per heavy atom. The molecule has 0 unspecified atom stereocenters. The fourth-order valence-electron chi connectivity index (χ4n) is 2.35. The van der Waals surface area contributed by atoms with E-state index in [1.165, 1.54) is 4.90 Å². The largest absolute Gasteiger partial charge is 0.326 e. The molecule has 96 valence electrons. The first-order valence-corrected chi connectivity index (χ1v) is 6.08. The molecule has 1 fully saturated rings. The number of piperidine rings is 1. The van der Waals surface area contributed by atoms with Crippen molar-refractivity contribution >= 4 is 17.5 Å². The summed E-state index contributed by atoms with van der Waals surface area (Å²) in [5, 5.41) is 0. The predicted octanol–water partition coefficient (Wildman–Crippen LogP) is 1.82. The van der Waals surface area contributed by atoms with Crippen molar-refractivity contribution < 1.29 is 9.59 Å². The second-order valence-electron chi connectivity index (χ2n) is 5.47. The molecule has 2 N–H and O–H groups in total. The van der Waals surface area contributed by atoms with E-state index >= 15 is 0 Å². The SMILES string of the molecule is CC1(C)CC(=O)N(c2ccccc2CN)C(=O)C1. The fourth-order valence-corrected chi connectivity index (χ4v) is 2.35. The van der Waals surface area contributed by atoms with Gasteiger partial charge in [-0.2, -0.15) is 0 Å². The number of anilines is 1. The number of amides is 2. The summed E-state index contributed by atoms with van der Waals surface area (Å²) in [6, 6.07) is 7.29. The highest BCUT2D eigenvalue weighted by atomic mass is 16.2. The van der Waals surface area contributed by atoms with Crippen LogP contribution in [0.1, 0.15) is 32.3 Å². The second-order valence-corrected chi connectivity index (χ2v) is 5.47. The molecule has 0 spiro atoms. The van der Waals surface area contributed by atoms with Crippen molar-refractivity contribution in [3.8, 4) is 0 Å². The summed E-state index contributed by atoms with van der Waals surface area (Å²) in [5.41, 5.74) is 6.85. The first-order valence-electron chi connectivity index (χ1n) is 6.08. The number of hydrogen-bond acceptors (Lipinski definition) is 3. The molecule has 1 aliphatic heterocycles. The van der Waals surface area contributed by atoms with Crippen LogP contribution in [-0.2, 0) is 16.1 Å². The van der Waals surface area contributed by atoms with E-state index in [0.717, 1.165) is 5.56 Å². The summed E-state index contributed by atoms with van der Waals surface area (Å²) in [4.78, 5) is 25.6. The molecular weight excluding hydrogens is 228 g/mol. The van der Waals surface area contributed by atoms with Gasteiger partial charge in [-0.25, -0.2) is 0 Å². The Bertz CT molecular complexity index is 474. The number of imide groups is 1. The molecule has 0 aliphatic carbocycles. The molecule has 0 aromatic heterocycles. The maximum absolute atomic E-state index is 12.2. The Morgan fingerprint density at radius 1 is 1.17 bits per heavy atom. The molecule has 18 heavy (non-hydrogen) atoms. The maximum atomic E-state index is 12.2. The lowest BCUT2D eigenvalue weighted by atomic mass is 9.81. The van der Waals surface area contributed by atoms with E-state index in [4.69, 9.17) is 5.73 Å². The van der Waals surface area contributed by atoms with E-state index < -0.39 is 0 Å². The van der Waals surface area contributed by atoms with Crippen molar-refractivity contribution in [2.45, 2.75) is 33.2 Å². The van der Waals surface area contributed by atoms with E-state index in [0.29, 0.717) is 25.1 Å². The molecule has 0 saturated carbocycles. The van der Waals surface area contributed by atoms with E-state index in [2.05, 4.69) is 0 Å². The maximum Gasteiger partial charge on any atom is 0.234 e. The van der Waals surface area contributed by atoms with Crippen molar-refractivity contribution in [2.75, 3.05) is 4.90 Å². The number of para-hydroxylation sites is 1. The normalized spacial score (nSPS) is 19.2. The number of hydrogen-bond donors (Lipinski definition) is 1. The number of nitrogens with two attached hydrogens (primary N) is 1. The van der Waals surface area contributed by atoms with Crippen molar-refractivity contribution in [2.24, 2.45) is 11.1 Å². The van der Waals surface area contributed by atoms with Crippen LogP contribution >= 0.6 is 0 Å². The first-order chi connectivity index (χ1) is 8.44. The van der Waals surface area contributed by atoms with Gasteiger partial charge in [0.05, 0.1) is 5.69 Å². The predicted molar refractivity (Wildman–Crippen MR) is 69.8 cm³/mol. The summed E-state index contributed by atoms with van der Waals surface area (Å²) in [5.74, 6) is -0.283. The monoisotopic (exact) mass is 246 g/mol. The highest BCUT2D eigenvalue weighted by molar-refractivity contribution is 6.17. The van der Waals surface area contributed by atoms with Gasteiger partial charge in [0.15, 0.2) is 0 Å². The third-order valence-corrected chi connectivity index (χ3v) is 3.21. The number of benzene rings is 1. The third kappa shape index (κ3) is 2.29. The van der Waals surface area contributed by atoms with Crippen LogP contribution in [0.2, 0.25) is 0 Å². The smallest absolute Gasteiger partial charge is 0.234 e. The molecule has 1 aromatic rings. The van der Waals surface area contributed by atoms with Crippen LogP contribution < -0.4 is 10.6 Å². The topological polar surface area (TPSA) is 63.4 Å². The molecule has 4 nitrogen and oxygen atoms in total. The van der Waals surface area contributed by atoms with Crippen LogP contribution in [0.15, 0.2) is 24.3 Å². The van der Waals surface area contributed by atoms with Gasteiger partial charge in [0, 0.05) is 19.4 Å². The summed E-state index contributed by atoms with van der Waals surface area (Å²) in [6.07, 6.45) is 0.773. The van der Waals surface area contributed by atoms with Gasteiger partial charge in [-0.05, 0) is 17.0 Å². The molecule has 0 radical (unpaired) electrons. The van der Waals surface area contributed by atoms with Gasteiger partial charge < -0.3 is 5.73 Å². The molecule has 1 saturated heterocycles. The van der Waals surface area contributed by atoms with Crippen LogP contribution in [0, 0.1) is 5.41 Å². The summed E-state index contributed by atoms with van der Waals surface area (Å²) >= 11 is 0. The molecule has 1 heterocycles. The lowest BCUT2D eigenvalue weighted by Gasteiger charge is -2.35. The standard InChI is InChI=1S/C14H18N2O2/c1-14(2)7-12(17)16(13(18)8-14)11-6-4-3-5-10(11)9-15/h3-6H,7-9,15H2,1-2H3. The van der Waals surface area contributed by atoms with Crippen molar-refractivity contribution in [3.63, 3.8) is 0 Å². The zero-order chi connectivity index (χ0) is 13.3. The fraction of sp³-hybridized carbons (Fsp3) is 0.429. The van der Waals surface area contributed by atoms with Gasteiger partial charge in [0.2, 0.25) is 11.8 Å². The Balaban J connectivity index is 2.39. The summed E-state index contributed by atoms with van der Waals surface area (Å²) in [6.45, 7) is 4.20. The Hall–Kier alpha value is -1.68. The molecule has 1 aliphatic rings. The second kappa shape index (κ2) is 4.53. The third-order valence-electron chi connectivity index (χ3n) is 3.21. The van der Waals surface area contributed by atoms with Gasteiger partial charge in [0.25, 0.3) is 0 Å². The molecule has 1 aromatic carbocycles. The first kappa shape index (κ1) is 12.8. The minimum Gasteiger partial charge on any atom is -0.326 e. The molecule has 4 heteroatoms. The minimum atomic E-state index is -0.248. The van der Waals surface area contributed by atoms with Crippen molar-refractivity contribution in [1.29, 1.82) is 0 Å². The zero-order valence-corrected chi connectivity index (χ0v) is 10.8. The number of carbonyl (C=O) groups excluding carboxylic acids is 2. The van der Waals surface area contributed by atoms with Gasteiger partial charge >= 0.3 is 0 Å². The van der Waals surface area contributed by atoms with Crippen LogP contribution in [0.3, 0.4) is 0 Å². The van der Waals surface area contributed by atoms with Gasteiger partial charge in [0.1, 0.15) is 0 Å². The molecule has 2 rings (SSSR count). The molecule has 0 atom stereocenters. The average Bonchev–Trinajstić information content (AvgIpc) is 2.27. The summed E-state index contributed by atoms with van der Waals surface area (Å²) in [7, 11) is 0. The van der Waals surface area contributed by atoms with E-state index in [-0.39, 0.29) is 17.2 Å². The minimum absolute atomic E-state index is 0.142. The average molecular weight is 246 g/mol. The summed E-state index contributed by atoms with van der Waals surface area (Å²) < 4.78 is 0. The van der Waals surface area contributed by atoms with E-state index in [1.807, 2.05) is 32.0 Å². The van der Waals surface area contributed by atoms with Gasteiger partial charge in [-0.3, -0.25) is 14.5 Å². The number of carbonyl (C=O) groups is 2. The zero-order valence-electron chi connectivity index (χ0n) is 10.8. The highest BCUT2D eigenvalue weighted by Crippen LogP contribution is 2.34. The molecule has 2 amide bonds. The van der Waals surface area contributed by atoms with Crippen LogP contribution in [0.25, 0.3) is 0 Å².